The highest BCUT2D eigenvalue weighted by Gasteiger charge is 2.28. The Morgan fingerprint density at radius 1 is 1.35 bits per heavy atom. The van der Waals surface area contributed by atoms with Crippen LogP contribution in [-0.4, -0.2) is 56.1 Å². The predicted molar refractivity (Wildman–Crippen MR) is 80.4 cm³/mol. The summed E-state index contributed by atoms with van der Waals surface area (Å²) < 4.78 is 0. The fourth-order valence-corrected chi connectivity index (χ4v) is 1.92. The molecule has 1 rings (SSSR count). The summed E-state index contributed by atoms with van der Waals surface area (Å²) in [6, 6.07) is 3.97. The number of carbonyl (C=O) groups excluding carboxylic acids is 1. The van der Waals surface area contributed by atoms with Crippen LogP contribution in [0.25, 0.3) is 0 Å². The van der Waals surface area contributed by atoms with Crippen LogP contribution in [0, 0.1) is 0 Å². The van der Waals surface area contributed by atoms with Gasteiger partial charge in [-0.25, -0.2) is 4.79 Å². The lowest BCUT2D eigenvalue weighted by Crippen LogP contribution is -2.49. The fourth-order valence-electron chi connectivity index (χ4n) is 1.92. The maximum Gasteiger partial charge on any atom is 0.475 e. The third kappa shape index (κ3) is 4.69. The summed E-state index contributed by atoms with van der Waals surface area (Å²) >= 11 is 0. The third-order valence-corrected chi connectivity index (χ3v) is 3.18. The monoisotopic (exact) mass is 324 g/mol. The molecule has 0 aliphatic carbocycles. The van der Waals surface area contributed by atoms with Crippen LogP contribution in [0.15, 0.2) is 23.4 Å². The van der Waals surface area contributed by atoms with Crippen LogP contribution in [0.5, 0.6) is 5.75 Å². The summed E-state index contributed by atoms with van der Waals surface area (Å²) in [4.78, 5) is 22.8. The maximum atomic E-state index is 11.8. The second-order valence-corrected chi connectivity index (χ2v) is 4.72. The minimum Gasteiger partial charge on any atom is -0.507 e. The number of carboxylic acid groups (broad SMARTS) is 1. The fraction of sp³-hybridized carbons (Fsp3) is 0.308. The molecular formula is C13H17BN2O7. The number of hydrogen-bond donors (Lipinski definition) is 6. The van der Waals surface area contributed by atoms with Gasteiger partial charge in [-0.2, -0.15) is 0 Å². The molecule has 0 saturated carbocycles. The van der Waals surface area contributed by atoms with Crippen LogP contribution in [0.2, 0.25) is 0 Å². The minimum absolute atomic E-state index is 0.113. The van der Waals surface area contributed by atoms with Crippen LogP contribution in [0.3, 0.4) is 0 Å². The summed E-state index contributed by atoms with van der Waals surface area (Å²) in [6.45, 7) is 1.57. The number of rotatable bonds is 7. The third-order valence-electron chi connectivity index (χ3n) is 3.18. The zero-order chi connectivity index (χ0) is 17.6. The first-order valence-corrected chi connectivity index (χ1v) is 6.73. The smallest absolute Gasteiger partial charge is 0.475 e. The Kier molecular flexibility index (Phi) is 6.55. The van der Waals surface area contributed by atoms with Gasteiger partial charge in [-0.1, -0.05) is 24.2 Å². The van der Waals surface area contributed by atoms with Crippen molar-refractivity contribution in [2.24, 2.45) is 5.16 Å². The molecule has 1 aromatic rings. The first-order chi connectivity index (χ1) is 10.8. The molecule has 0 spiro atoms. The average molecular weight is 324 g/mol. The van der Waals surface area contributed by atoms with E-state index in [1.165, 1.54) is 18.2 Å². The van der Waals surface area contributed by atoms with Gasteiger partial charge in [0.2, 0.25) is 0 Å². The van der Waals surface area contributed by atoms with Crippen molar-refractivity contribution in [3.05, 3.63) is 29.3 Å². The first kappa shape index (κ1) is 18.5. The van der Waals surface area contributed by atoms with E-state index < -0.39 is 30.7 Å². The summed E-state index contributed by atoms with van der Waals surface area (Å²) in [7, 11) is -1.97. The zero-order valence-electron chi connectivity index (χ0n) is 12.3. The van der Waals surface area contributed by atoms with Crippen molar-refractivity contribution in [3.8, 4) is 5.75 Å². The Bertz CT molecular complexity index is 618. The van der Waals surface area contributed by atoms with Crippen molar-refractivity contribution >= 4 is 24.7 Å². The molecule has 1 atom stereocenters. The predicted octanol–water partition coefficient (Wildman–Crippen LogP) is -0.630. The molecule has 6 N–H and O–H groups in total. The molecule has 1 aromatic carbocycles. The second kappa shape index (κ2) is 8.15. The number of hydrogen-bond acceptors (Lipinski definition) is 7. The highest BCUT2D eigenvalue weighted by Crippen LogP contribution is 2.23. The topological polar surface area (TPSA) is 160 Å². The number of aromatic carboxylic acids is 1. The van der Waals surface area contributed by atoms with E-state index >= 15 is 0 Å². The van der Waals surface area contributed by atoms with E-state index in [1.807, 2.05) is 0 Å². The Morgan fingerprint density at radius 3 is 2.48 bits per heavy atom. The van der Waals surface area contributed by atoms with Crippen LogP contribution in [0.1, 0.15) is 29.3 Å². The molecule has 0 fully saturated rings. The van der Waals surface area contributed by atoms with Gasteiger partial charge in [0, 0.05) is 0 Å². The number of carboxylic acids is 1. The molecule has 0 heterocycles. The van der Waals surface area contributed by atoms with E-state index in [0.29, 0.717) is 0 Å². The zero-order valence-corrected chi connectivity index (χ0v) is 12.3. The molecular weight excluding hydrogens is 307 g/mol. The highest BCUT2D eigenvalue weighted by molar-refractivity contribution is 6.46. The second-order valence-electron chi connectivity index (χ2n) is 4.72. The number of oxime groups is 1. The van der Waals surface area contributed by atoms with Crippen molar-refractivity contribution in [2.75, 3.05) is 0 Å². The number of aromatic hydroxyl groups is 1. The first-order valence-electron chi connectivity index (χ1n) is 6.73. The molecule has 9 nitrogen and oxygen atoms in total. The van der Waals surface area contributed by atoms with Crippen molar-refractivity contribution < 1.29 is 35.1 Å². The number of phenols is 1. The lowest BCUT2D eigenvalue weighted by molar-refractivity contribution is -0.115. The molecule has 1 amide bonds. The number of nitrogens with one attached hydrogen (secondary N) is 1. The minimum atomic E-state index is -1.97. The number of benzene rings is 1. The Morgan fingerprint density at radius 2 is 2.00 bits per heavy atom. The van der Waals surface area contributed by atoms with Crippen molar-refractivity contribution in [2.45, 2.75) is 25.7 Å². The van der Waals surface area contributed by atoms with E-state index in [4.69, 9.17) is 10.3 Å². The van der Waals surface area contributed by atoms with Crippen LogP contribution in [0.4, 0.5) is 0 Å². The normalized spacial score (nSPS) is 12.6. The summed E-state index contributed by atoms with van der Waals surface area (Å²) in [5, 5.41) is 51.3. The number of nitrogens with zero attached hydrogens (tertiary/aromatic N) is 1. The molecule has 23 heavy (non-hydrogen) atoms. The van der Waals surface area contributed by atoms with Gasteiger partial charge in [-0.15, -0.1) is 0 Å². The van der Waals surface area contributed by atoms with E-state index in [1.54, 1.807) is 6.92 Å². The molecule has 0 unspecified atom stereocenters. The van der Waals surface area contributed by atoms with Crippen LogP contribution >= 0.6 is 0 Å². The van der Waals surface area contributed by atoms with Gasteiger partial charge in [-0.3, -0.25) is 4.79 Å². The molecule has 0 saturated heterocycles. The van der Waals surface area contributed by atoms with Gasteiger partial charge in [0.25, 0.3) is 5.91 Å². The maximum absolute atomic E-state index is 11.8. The highest BCUT2D eigenvalue weighted by atomic mass is 16.4. The van der Waals surface area contributed by atoms with Gasteiger partial charge in [0.05, 0.1) is 5.94 Å². The number of para-hydroxylation sites is 1. The molecule has 0 aliphatic heterocycles. The van der Waals surface area contributed by atoms with E-state index in [2.05, 4.69) is 10.5 Å². The lowest BCUT2D eigenvalue weighted by atomic mass is 9.75. The molecule has 0 aromatic heterocycles. The Balaban J connectivity index is 3.00. The largest absolute Gasteiger partial charge is 0.507 e. The molecule has 0 bridgehead atoms. The van der Waals surface area contributed by atoms with E-state index in [9.17, 15) is 24.7 Å². The standard InChI is InChI=1S/C13H17BN2O7/c1-2-9(16-23)12(18)15-10(14(21)22)6-7-4-3-5-8(11(7)17)13(19)20/h3-5,10,17,21-23H,2,6H2,1H3,(H,15,18)(H,19,20)/t10-/m0/s1. The van der Waals surface area contributed by atoms with E-state index in [0.717, 1.165) is 0 Å². The number of amides is 1. The summed E-state index contributed by atoms with van der Waals surface area (Å²) in [5.74, 6) is -3.90. The summed E-state index contributed by atoms with van der Waals surface area (Å²) in [5.41, 5.74) is -0.437. The van der Waals surface area contributed by atoms with Gasteiger partial charge in [0.15, 0.2) is 0 Å². The molecule has 0 radical (unpaired) electrons. The Hall–Kier alpha value is -2.59. The van der Waals surface area contributed by atoms with Gasteiger partial charge >= 0.3 is 13.1 Å². The molecule has 124 valence electrons. The van der Waals surface area contributed by atoms with Gasteiger partial charge in [0.1, 0.15) is 17.0 Å². The van der Waals surface area contributed by atoms with Crippen molar-refractivity contribution in [3.63, 3.8) is 0 Å². The van der Waals surface area contributed by atoms with Gasteiger partial charge < -0.3 is 30.8 Å². The lowest BCUT2D eigenvalue weighted by Gasteiger charge is -2.19. The van der Waals surface area contributed by atoms with Crippen LogP contribution < -0.4 is 5.32 Å². The van der Waals surface area contributed by atoms with Crippen molar-refractivity contribution in [1.29, 1.82) is 0 Å². The quantitative estimate of drug-likeness (QED) is 0.168. The average Bonchev–Trinajstić information content (AvgIpc) is 2.49. The van der Waals surface area contributed by atoms with Gasteiger partial charge in [-0.05, 0) is 24.5 Å². The SMILES string of the molecule is CCC(=NO)C(=O)N[C@@H](Cc1cccc(C(=O)O)c1O)B(O)O. The van der Waals surface area contributed by atoms with Crippen LogP contribution in [-0.2, 0) is 11.2 Å². The molecule has 0 aliphatic rings. The van der Waals surface area contributed by atoms with Crippen molar-refractivity contribution in [1.82, 2.24) is 5.32 Å². The molecule has 10 heteroatoms. The van der Waals surface area contributed by atoms with E-state index in [-0.39, 0.29) is 29.7 Å². The number of carbonyl (C=O) groups is 2. The Labute approximate surface area is 132 Å². The summed E-state index contributed by atoms with van der Waals surface area (Å²) in [6.07, 6.45) is -0.116.